The van der Waals surface area contributed by atoms with Gasteiger partial charge in [0.1, 0.15) is 6.04 Å². The zero-order valence-corrected chi connectivity index (χ0v) is 18.4. The lowest BCUT2D eigenvalue weighted by atomic mass is 9.75. The van der Waals surface area contributed by atoms with Gasteiger partial charge in [-0.05, 0) is 40.8 Å². The highest BCUT2D eigenvalue weighted by molar-refractivity contribution is 6.43. The zero-order chi connectivity index (χ0) is 23.1. The van der Waals surface area contributed by atoms with Crippen molar-refractivity contribution in [2.24, 2.45) is 5.92 Å². The van der Waals surface area contributed by atoms with Crippen molar-refractivity contribution in [3.05, 3.63) is 83.9 Å². The van der Waals surface area contributed by atoms with E-state index in [0.29, 0.717) is 12.0 Å². The normalized spacial score (nSPS) is 12.9. The van der Waals surface area contributed by atoms with Crippen LogP contribution in [0.25, 0.3) is 10.8 Å². The third-order valence-corrected chi connectivity index (χ3v) is 5.33. The van der Waals surface area contributed by atoms with Crippen molar-refractivity contribution in [2.45, 2.75) is 38.7 Å². The molecule has 0 spiro atoms. The van der Waals surface area contributed by atoms with Crippen LogP contribution in [-0.4, -0.2) is 41.0 Å². The van der Waals surface area contributed by atoms with Crippen molar-refractivity contribution in [1.29, 1.82) is 0 Å². The molecule has 7 heteroatoms. The van der Waals surface area contributed by atoms with Gasteiger partial charge in [-0.15, -0.1) is 0 Å². The van der Waals surface area contributed by atoms with Gasteiger partial charge in [-0.1, -0.05) is 74.5 Å². The predicted octanol–water partition coefficient (Wildman–Crippen LogP) is 2.72. The molecular weight excluding hydrogens is 403 g/mol. The van der Waals surface area contributed by atoms with Gasteiger partial charge in [0.15, 0.2) is 0 Å². The summed E-state index contributed by atoms with van der Waals surface area (Å²) >= 11 is 0. The third-order valence-electron chi connectivity index (χ3n) is 5.33. The van der Waals surface area contributed by atoms with Gasteiger partial charge in [0.2, 0.25) is 5.91 Å². The average Bonchev–Trinajstić information content (AvgIpc) is 2.78. The largest absolute Gasteiger partial charge is 0.475 e. The molecular formula is C25H29BN2O4. The molecule has 0 saturated heterocycles. The minimum Gasteiger partial charge on any atom is -0.426 e. The van der Waals surface area contributed by atoms with Crippen molar-refractivity contribution < 1.29 is 19.6 Å². The zero-order valence-electron chi connectivity index (χ0n) is 18.4. The first-order valence-electron chi connectivity index (χ1n) is 10.8. The van der Waals surface area contributed by atoms with Gasteiger partial charge in [0.05, 0.1) is 5.94 Å². The Hall–Kier alpha value is -3.16. The van der Waals surface area contributed by atoms with Crippen LogP contribution < -0.4 is 10.6 Å². The number of nitrogens with one attached hydrogen (secondary N) is 2. The van der Waals surface area contributed by atoms with Crippen molar-refractivity contribution in [3.8, 4) is 0 Å². The van der Waals surface area contributed by atoms with E-state index < -0.39 is 25.0 Å². The molecule has 0 aliphatic heterocycles. The summed E-state index contributed by atoms with van der Waals surface area (Å²) in [7, 11) is -1.69. The summed E-state index contributed by atoms with van der Waals surface area (Å²) in [5.74, 6) is -1.49. The summed E-state index contributed by atoms with van der Waals surface area (Å²) in [4.78, 5) is 26.1. The predicted molar refractivity (Wildman–Crippen MR) is 127 cm³/mol. The van der Waals surface area contributed by atoms with E-state index in [0.717, 1.165) is 16.3 Å². The van der Waals surface area contributed by atoms with Crippen LogP contribution in [0.1, 0.15) is 36.2 Å². The van der Waals surface area contributed by atoms with Crippen molar-refractivity contribution in [1.82, 2.24) is 10.6 Å². The van der Waals surface area contributed by atoms with E-state index >= 15 is 0 Å². The first-order chi connectivity index (χ1) is 15.3. The summed E-state index contributed by atoms with van der Waals surface area (Å²) in [5, 5.41) is 26.9. The monoisotopic (exact) mass is 432 g/mol. The molecule has 3 aromatic rings. The maximum absolute atomic E-state index is 13.1. The average molecular weight is 432 g/mol. The maximum atomic E-state index is 13.1. The van der Waals surface area contributed by atoms with Crippen molar-refractivity contribution >= 4 is 29.7 Å². The Labute approximate surface area is 188 Å². The van der Waals surface area contributed by atoms with E-state index in [1.165, 1.54) is 0 Å². The van der Waals surface area contributed by atoms with Crippen LogP contribution in [0.15, 0.2) is 72.8 Å². The molecule has 0 aromatic heterocycles. The van der Waals surface area contributed by atoms with E-state index in [2.05, 4.69) is 10.6 Å². The summed E-state index contributed by atoms with van der Waals surface area (Å²) in [6.45, 7) is 3.87. The van der Waals surface area contributed by atoms with Gasteiger partial charge >= 0.3 is 7.12 Å². The van der Waals surface area contributed by atoms with E-state index in [9.17, 15) is 19.6 Å². The molecule has 6 nitrogen and oxygen atoms in total. The Balaban J connectivity index is 1.81. The molecule has 32 heavy (non-hydrogen) atoms. The smallest absolute Gasteiger partial charge is 0.426 e. The number of carbonyl (C=O) groups excluding carboxylic acids is 2. The number of fused-ring (bicyclic) bond motifs is 1. The molecule has 2 atom stereocenters. The SMILES string of the molecule is CC(C)C[C@H](NC(=O)[C@H](Cc1ccccc1)NC(=O)c1ccc2ccccc2c1)B(O)O. The van der Waals surface area contributed by atoms with Crippen LogP contribution in [0.4, 0.5) is 0 Å². The van der Waals surface area contributed by atoms with Crippen LogP contribution in [-0.2, 0) is 11.2 Å². The van der Waals surface area contributed by atoms with Gasteiger partial charge in [0, 0.05) is 12.0 Å². The fourth-order valence-electron chi connectivity index (χ4n) is 3.68. The van der Waals surface area contributed by atoms with E-state index in [4.69, 9.17) is 0 Å². The van der Waals surface area contributed by atoms with Crippen LogP contribution >= 0.6 is 0 Å². The Kier molecular flexibility index (Phi) is 8.03. The first-order valence-corrected chi connectivity index (χ1v) is 10.8. The number of carbonyl (C=O) groups is 2. The molecule has 0 heterocycles. The molecule has 0 fully saturated rings. The van der Waals surface area contributed by atoms with Crippen LogP contribution in [0, 0.1) is 5.92 Å². The molecule has 3 rings (SSSR count). The van der Waals surface area contributed by atoms with Gasteiger partial charge in [-0.3, -0.25) is 9.59 Å². The molecule has 0 aliphatic carbocycles. The first kappa shape index (κ1) is 23.5. The van der Waals surface area contributed by atoms with E-state index in [-0.39, 0.29) is 18.2 Å². The number of hydrogen-bond donors (Lipinski definition) is 4. The maximum Gasteiger partial charge on any atom is 0.475 e. The minimum atomic E-state index is -1.69. The lowest BCUT2D eigenvalue weighted by Crippen LogP contribution is -2.55. The van der Waals surface area contributed by atoms with Crippen LogP contribution in [0.3, 0.4) is 0 Å². The summed E-state index contributed by atoms with van der Waals surface area (Å²) in [5.41, 5.74) is 1.34. The van der Waals surface area contributed by atoms with E-state index in [1.54, 1.807) is 12.1 Å². The standard InChI is InChI=1S/C25H29BN2O4/c1-17(2)14-23(26(31)32)28-25(30)22(15-18-8-4-3-5-9-18)27-24(29)21-13-12-19-10-6-7-11-20(19)16-21/h3-13,16-17,22-23,31-32H,14-15H2,1-2H3,(H,27,29)(H,28,30)/t22-,23-/m0/s1. The topological polar surface area (TPSA) is 98.7 Å². The third kappa shape index (κ3) is 6.42. The molecule has 0 unspecified atom stereocenters. The Morgan fingerprint density at radius 3 is 2.19 bits per heavy atom. The molecule has 0 saturated carbocycles. The molecule has 4 N–H and O–H groups in total. The summed E-state index contributed by atoms with van der Waals surface area (Å²) < 4.78 is 0. The van der Waals surface area contributed by atoms with E-state index in [1.807, 2.05) is 74.5 Å². The second kappa shape index (κ2) is 10.9. The fraction of sp³-hybridized carbons (Fsp3) is 0.280. The quantitative estimate of drug-likeness (QED) is 0.391. The number of rotatable bonds is 9. The number of benzene rings is 3. The second-order valence-electron chi connectivity index (χ2n) is 8.44. The highest BCUT2D eigenvalue weighted by Crippen LogP contribution is 2.16. The molecule has 3 aromatic carbocycles. The highest BCUT2D eigenvalue weighted by Gasteiger charge is 2.30. The molecule has 2 amide bonds. The molecule has 166 valence electrons. The lowest BCUT2D eigenvalue weighted by molar-refractivity contribution is -0.123. The highest BCUT2D eigenvalue weighted by atomic mass is 16.4. The van der Waals surface area contributed by atoms with Crippen LogP contribution in [0.2, 0.25) is 0 Å². The summed E-state index contributed by atoms with van der Waals surface area (Å²) in [6, 6.07) is 21.7. The molecule has 0 bridgehead atoms. The Bertz CT molecular complexity index is 1060. The van der Waals surface area contributed by atoms with Gasteiger partial charge < -0.3 is 20.7 Å². The Morgan fingerprint density at radius 2 is 1.53 bits per heavy atom. The summed E-state index contributed by atoms with van der Waals surface area (Å²) in [6.07, 6.45) is 0.683. The minimum absolute atomic E-state index is 0.155. The van der Waals surface area contributed by atoms with Gasteiger partial charge in [0.25, 0.3) is 5.91 Å². The van der Waals surface area contributed by atoms with Gasteiger partial charge in [-0.25, -0.2) is 0 Å². The molecule has 0 aliphatic rings. The molecule has 0 radical (unpaired) electrons. The Morgan fingerprint density at radius 1 is 0.875 bits per heavy atom. The van der Waals surface area contributed by atoms with Crippen LogP contribution in [0.5, 0.6) is 0 Å². The second-order valence-corrected chi connectivity index (χ2v) is 8.44. The fourth-order valence-corrected chi connectivity index (χ4v) is 3.68. The van der Waals surface area contributed by atoms with Crippen molar-refractivity contribution in [3.63, 3.8) is 0 Å². The number of hydrogen-bond acceptors (Lipinski definition) is 4. The number of amides is 2. The van der Waals surface area contributed by atoms with Gasteiger partial charge in [-0.2, -0.15) is 0 Å². The van der Waals surface area contributed by atoms with Crippen molar-refractivity contribution in [2.75, 3.05) is 0 Å². The lowest BCUT2D eigenvalue weighted by Gasteiger charge is -2.24.